The Morgan fingerprint density at radius 2 is 1.93 bits per heavy atom. The molecule has 0 N–H and O–H groups in total. The van der Waals surface area contributed by atoms with E-state index >= 15 is 0 Å². The van der Waals surface area contributed by atoms with Crippen molar-refractivity contribution in [3.8, 4) is 0 Å². The Bertz CT molecular complexity index is 347. The molecule has 0 nitrogen and oxygen atoms in total. The molecule has 0 radical (unpaired) electrons. The van der Waals surface area contributed by atoms with Gasteiger partial charge in [0, 0.05) is 26.2 Å². The molecule has 1 aromatic rings. The number of hydrogen-bond donors (Lipinski definition) is 0. The fraction of sp³-hybridized carbons (Fsp3) is 0.231. The molecule has 0 saturated carbocycles. The minimum absolute atomic E-state index is 0. The summed E-state index contributed by atoms with van der Waals surface area (Å²) in [5.74, 6) is 0. The van der Waals surface area contributed by atoms with Gasteiger partial charge < -0.3 is 0 Å². The van der Waals surface area contributed by atoms with Crippen LogP contribution in [-0.4, -0.2) is 0 Å². The quantitative estimate of drug-likeness (QED) is 0.716. The van der Waals surface area contributed by atoms with Gasteiger partial charge in [-0.05, 0) is 12.0 Å². The van der Waals surface area contributed by atoms with E-state index in [0.717, 1.165) is 12.8 Å². The first-order valence-electron chi connectivity index (χ1n) is 4.67. The predicted molar refractivity (Wildman–Crippen MR) is 55.3 cm³/mol. The minimum Gasteiger partial charge on any atom is -0.269 e. The predicted octanol–water partition coefficient (Wildman–Crippen LogP) is 3.31. The molecule has 2 rings (SSSR count). The second kappa shape index (κ2) is 5.46. The van der Waals surface area contributed by atoms with Crippen molar-refractivity contribution in [1.82, 2.24) is 0 Å². The van der Waals surface area contributed by atoms with Crippen molar-refractivity contribution in [3.63, 3.8) is 0 Å². The molecule has 70 valence electrons. The maximum atomic E-state index is 3.38. The molecule has 1 aliphatic carbocycles. The first-order chi connectivity index (χ1) is 6.36. The molecule has 1 heteroatoms. The molecule has 0 spiro atoms. The van der Waals surface area contributed by atoms with Gasteiger partial charge in [-0.15, -0.1) is 13.3 Å². The smallest absolute Gasteiger partial charge is 0 e. The summed E-state index contributed by atoms with van der Waals surface area (Å²) in [5, 5.41) is 0. The van der Waals surface area contributed by atoms with Crippen LogP contribution in [0.15, 0.2) is 47.6 Å². The van der Waals surface area contributed by atoms with Crippen molar-refractivity contribution in [2.45, 2.75) is 19.8 Å². The van der Waals surface area contributed by atoms with Crippen LogP contribution >= 0.6 is 0 Å². The zero-order valence-electron chi connectivity index (χ0n) is 8.38. The molecular weight excluding hydrogens is 247 g/mol. The summed E-state index contributed by atoms with van der Waals surface area (Å²) < 4.78 is 0. The van der Waals surface area contributed by atoms with Gasteiger partial charge in [0.25, 0.3) is 0 Å². The van der Waals surface area contributed by atoms with E-state index in [1.165, 1.54) is 16.7 Å². The van der Waals surface area contributed by atoms with E-state index in [9.17, 15) is 0 Å². The van der Waals surface area contributed by atoms with Gasteiger partial charge in [0.05, 0.1) is 0 Å². The zero-order chi connectivity index (χ0) is 9.10. The van der Waals surface area contributed by atoms with Crippen molar-refractivity contribution >= 4 is 0 Å². The second-order valence-corrected chi connectivity index (χ2v) is 3.41. The van der Waals surface area contributed by atoms with E-state index in [1.807, 2.05) is 0 Å². The van der Waals surface area contributed by atoms with Crippen molar-refractivity contribution in [1.29, 1.82) is 0 Å². The summed E-state index contributed by atoms with van der Waals surface area (Å²) in [6.45, 7) is 2.16. The number of rotatable bonds is 2. The minimum atomic E-state index is 0. The van der Waals surface area contributed by atoms with E-state index in [0.29, 0.717) is 0 Å². The fourth-order valence-electron chi connectivity index (χ4n) is 1.59. The van der Waals surface area contributed by atoms with Gasteiger partial charge in [0.2, 0.25) is 0 Å². The van der Waals surface area contributed by atoms with Crippen LogP contribution in [0.2, 0.25) is 0 Å². The molecule has 0 aliphatic heterocycles. The van der Waals surface area contributed by atoms with Crippen molar-refractivity contribution in [3.05, 3.63) is 59.2 Å². The Morgan fingerprint density at radius 3 is 2.50 bits per heavy atom. The third kappa shape index (κ3) is 2.78. The Morgan fingerprint density at radius 1 is 1.21 bits per heavy atom. The summed E-state index contributed by atoms with van der Waals surface area (Å²) in [7, 11) is 0. The molecule has 14 heavy (non-hydrogen) atoms. The monoisotopic (exact) mass is 259 g/mol. The molecular formula is C13H13Zr-. The number of hydrogen-bond acceptors (Lipinski definition) is 0. The first kappa shape index (κ1) is 11.7. The summed E-state index contributed by atoms with van der Waals surface area (Å²) in [6.07, 6.45) is 7.64. The molecule has 1 aliphatic rings. The standard InChI is InChI=1S/C13H13.Zr/c1-11-6-5-9-13(11)10-12-7-3-2-4-8-12;/h2-4,6-8H,5,10H2,1H3;/q-1;. The normalized spacial score (nSPS) is 14.4. The average Bonchev–Trinajstić information content (AvgIpc) is 2.54. The summed E-state index contributed by atoms with van der Waals surface area (Å²) >= 11 is 0. The molecule has 0 unspecified atom stereocenters. The van der Waals surface area contributed by atoms with Gasteiger partial charge in [-0.1, -0.05) is 30.3 Å². The van der Waals surface area contributed by atoms with Crippen molar-refractivity contribution < 1.29 is 26.2 Å². The molecule has 0 heterocycles. The van der Waals surface area contributed by atoms with Crippen molar-refractivity contribution in [2.75, 3.05) is 0 Å². The molecule has 0 fully saturated rings. The van der Waals surface area contributed by atoms with Crippen molar-refractivity contribution in [2.24, 2.45) is 0 Å². The van der Waals surface area contributed by atoms with Crippen LogP contribution in [0.4, 0.5) is 0 Å². The molecule has 0 amide bonds. The Kier molecular flexibility index (Phi) is 4.55. The maximum Gasteiger partial charge on any atom is 0 e. The van der Waals surface area contributed by atoms with E-state index in [1.54, 1.807) is 0 Å². The average molecular weight is 260 g/mol. The van der Waals surface area contributed by atoms with Gasteiger partial charge in [0.1, 0.15) is 0 Å². The largest absolute Gasteiger partial charge is 0.269 e. The fourth-order valence-corrected chi connectivity index (χ4v) is 1.59. The van der Waals surface area contributed by atoms with Gasteiger partial charge in [-0.25, -0.2) is 11.1 Å². The van der Waals surface area contributed by atoms with Gasteiger partial charge >= 0.3 is 0 Å². The van der Waals surface area contributed by atoms with Crippen LogP contribution in [0.3, 0.4) is 0 Å². The third-order valence-electron chi connectivity index (χ3n) is 2.42. The Labute approximate surface area is 105 Å². The Balaban J connectivity index is 0.000000980. The van der Waals surface area contributed by atoms with Crippen LogP contribution in [0, 0.1) is 6.08 Å². The summed E-state index contributed by atoms with van der Waals surface area (Å²) in [4.78, 5) is 0. The van der Waals surface area contributed by atoms with Gasteiger partial charge in [0.15, 0.2) is 0 Å². The van der Waals surface area contributed by atoms with Gasteiger partial charge in [-0.2, -0.15) is 6.08 Å². The van der Waals surface area contributed by atoms with Crippen LogP contribution in [0.1, 0.15) is 18.9 Å². The Hall–Kier alpha value is -0.417. The van der Waals surface area contributed by atoms with Crippen LogP contribution in [0.5, 0.6) is 0 Å². The van der Waals surface area contributed by atoms with E-state index in [4.69, 9.17) is 0 Å². The molecule has 0 bridgehead atoms. The second-order valence-electron chi connectivity index (χ2n) is 3.41. The number of benzene rings is 1. The molecule has 0 aromatic heterocycles. The number of allylic oxidation sites excluding steroid dienone is 4. The van der Waals surface area contributed by atoms with Crippen LogP contribution in [0.25, 0.3) is 0 Å². The van der Waals surface area contributed by atoms with E-state index < -0.39 is 0 Å². The summed E-state index contributed by atoms with van der Waals surface area (Å²) in [5.41, 5.74) is 4.13. The summed E-state index contributed by atoms with van der Waals surface area (Å²) in [6, 6.07) is 10.6. The molecule has 1 aromatic carbocycles. The van der Waals surface area contributed by atoms with Crippen LogP contribution in [-0.2, 0) is 32.6 Å². The third-order valence-corrected chi connectivity index (χ3v) is 2.42. The maximum absolute atomic E-state index is 3.38. The molecule has 0 atom stereocenters. The first-order valence-corrected chi connectivity index (χ1v) is 4.67. The topological polar surface area (TPSA) is 0 Å². The van der Waals surface area contributed by atoms with E-state index in [-0.39, 0.29) is 26.2 Å². The molecule has 0 saturated heterocycles. The van der Waals surface area contributed by atoms with E-state index in [2.05, 4.69) is 49.4 Å². The SMILES string of the molecule is CC1=CC[C-]=C1Cc1ccccc1.[Zr]. The van der Waals surface area contributed by atoms with Crippen LogP contribution < -0.4 is 0 Å². The zero-order valence-corrected chi connectivity index (χ0v) is 10.8. The van der Waals surface area contributed by atoms with Gasteiger partial charge in [-0.3, -0.25) is 6.08 Å².